The number of carboxylic acids is 1. The zero-order chi connectivity index (χ0) is 23.4. The minimum absolute atomic E-state index is 0.0488. The molecule has 3 N–H and O–H groups in total. The van der Waals surface area contributed by atoms with E-state index in [4.69, 9.17) is 4.74 Å². The number of carboxylic acid groups (broad SMARTS) is 1. The fourth-order valence-corrected chi connectivity index (χ4v) is 4.98. The Hall–Kier alpha value is -3.35. The van der Waals surface area contributed by atoms with Gasteiger partial charge in [0.25, 0.3) is 0 Å². The fourth-order valence-electron chi connectivity index (χ4n) is 4.98. The van der Waals surface area contributed by atoms with Gasteiger partial charge in [0.05, 0.1) is 5.92 Å². The van der Waals surface area contributed by atoms with Crippen LogP contribution < -0.4 is 10.6 Å². The highest BCUT2D eigenvalue weighted by atomic mass is 16.5. The van der Waals surface area contributed by atoms with E-state index in [-0.39, 0.29) is 24.5 Å². The smallest absolute Gasteiger partial charge is 0.407 e. The molecule has 0 saturated heterocycles. The Kier molecular flexibility index (Phi) is 6.96. The number of nitrogens with one attached hydrogen (secondary N) is 2. The summed E-state index contributed by atoms with van der Waals surface area (Å²) in [6, 6.07) is 15.3. The molecule has 0 heterocycles. The summed E-state index contributed by atoms with van der Waals surface area (Å²) in [7, 11) is 0. The van der Waals surface area contributed by atoms with Crippen LogP contribution in [0, 0.1) is 5.92 Å². The number of hydrogen-bond donors (Lipinski definition) is 3. The summed E-state index contributed by atoms with van der Waals surface area (Å²) >= 11 is 0. The molecule has 0 aromatic heterocycles. The Morgan fingerprint density at radius 2 is 1.67 bits per heavy atom. The molecular formula is C26H30N2O5. The molecule has 2 aliphatic rings. The van der Waals surface area contributed by atoms with Crippen LogP contribution in [0.4, 0.5) is 4.79 Å². The van der Waals surface area contributed by atoms with E-state index < -0.39 is 24.0 Å². The van der Waals surface area contributed by atoms with Crippen molar-refractivity contribution in [1.29, 1.82) is 0 Å². The molecule has 2 aliphatic carbocycles. The van der Waals surface area contributed by atoms with Crippen molar-refractivity contribution in [3.05, 3.63) is 59.7 Å². The molecule has 2 aromatic carbocycles. The molecular weight excluding hydrogens is 420 g/mol. The summed E-state index contributed by atoms with van der Waals surface area (Å²) in [5, 5.41) is 14.8. The number of rotatable bonds is 7. The summed E-state index contributed by atoms with van der Waals surface area (Å²) in [5.74, 6) is -1.61. The van der Waals surface area contributed by atoms with E-state index in [0.717, 1.165) is 35.1 Å². The quantitative estimate of drug-likeness (QED) is 0.590. The van der Waals surface area contributed by atoms with Crippen LogP contribution >= 0.6 is 0 Å². The standard InChI is InChI=1S/C26H30N2O5/c1-2-23(24(29)27-17-9-7-8-16(14-17)25(30)31)28-26(32)33-15-22-20-12-5-3-10-18(20)19-11-4-6-13-21(19)22/h3-6,10-13,16-17,22-23H,2,7-9,14-15H2,1H3,(H,27,29)(H,28,32)(H,30,31). The van der Waals surface area contributed by atoms with Gasteiger partial charge in [0, 0.05) is 12.0 Å². The average molecular weight is 451 g/mol. The molecule has 3 unspecified atom stereocenters. The lowest BCUT2D eigenvalue weighted by Crippen LogP contribution is -2.50. The normalized spacial score (nSPS) is 20.3. The molecule has 3 atom stereocenters. The predicted molar refractivity (Wildman–Crippen MR) is 124 cm³/mol. The monoisotopic (exact) mass is 450 g/mol. The molecule has 0 bridgehead atoms. The first kappa shape index (κ1) is 22.8. The first-order chi connectivity index (χ1) is 16.0. The highest BCUT2D eigenvalue weighted by Crippen LogP contribution is 2.44. The van der Waals surface area contributed by atoms with E-state index >= 15 is 0 Å². The van der Waals surface area contributed by atoms with Crippen LogP contribution in [0.5, 0.6) is 0 Å². The van der Waals surface area contributed by atoms with E-state index in [2.05, 4.69) is 34.9 Å². The minimum atomic E-state index is -0.822. The van der Waals surface area contributed by atoms with Gasteiger partial charge in [0.15, 0.2) is 0 Å². The molecule has 33 heavy (non-hydrogen) atoms. The number of amides is 2. The van der Waals surface area contributed by atoms with Crippen molar-refractivity contribution >= 4 is 18.0 Å². The lowest BCUT2D eigenvalue weighted by atomic mass is 9.85. The maximum absolute atomic E-state index is 12.7. The molecule has 2 amide bonds. The third kappa shape index (κ3) is 5.02. The fraction of sp³-hybridized carbons (Fsp3) is 0.423. The Balaban J connectivity index is 1.33. The van der Waals surface area contributed by atoms with E-state index in [1.807, 2.05) is 31.2 Å². The largest absolute Gasteiger partial charge is 0.481 e. The minimum Gasteiger partial charge on any atom is -0.481 e. The predicted octanol–water partition coefficient (Wildman–Crippen LogP) is 4.06. The van der Waals surface area contributed by atoms with E-state index in [0.29, 0.717) is 19.3 Å². The Morgan fingerprint density at radius 3 is 2.27 bits per heavy atom. The van der Waals surface area contributed by atoms with Crippen LogP contribution in [0.2, 0.25) is 0 Å². The number of ether oxygens (including phenoxy) is 1. The van der Waals surface area contributed by atoms with Crippen LogP contribution in [0.3, 0.4) is 0 Å². The molecule has 1 saturated carbocycles. The number of carbonyl (C=O) groups excluding carboxylic acids is 2. The molecule has 1 fully saturated rings. The van der Waals surface area contributed by atoms with E-state index in [1.54, 1.807) is 0 Å². The zero-order valence-electron chi connectivity index (χ0n) is 18.8. The summed E-state index contributed by atoms with van der Waals surface area (Å²) in [6.45, 7) is 2.00. The van der Waals surface area contributed by atoms with Crippen LogP contribution in [-0.2, 0) is 14.3 Å². The molecule has 2 aromatic rings. The van der Waals surface area contributed by atoms with Gasteiger partial charge in [0.2, 0.25) is 5.91 Å². The highest BCUT2D eigenvalue weighted by molar-refractivity contribution is 5.86. The van der Waals surface area contributed by atoms with Gasteiger partial charge < -0.3 is 20.5 Å². The van der Waals surface area contributed by atoms with Gasteiger partial charge in [0.1, 0.15) is 12.6 Å². The second kappa shape index (κ2) is 10.1. The van der Waals surface area contributed by atoms with Gasteiger partial charge in [-0.15, -0.1) is 0 Å². The lowest BCUT2D eigenvalue weighted by molar-refractivity contribution is -0.143. The Bertz CT molecular complexity index is 991. The first-order valence-electron chi connectivity index (χ1n) is 11.6. The van der Waals surface area contributed by atoms with Gasteiger partial charge in [-0.2, -0.15) is 0 Å². The number of fused-ring (bicyclic) bond motifs is 3. The second-order valence-electron chi connectivity index (χ2n) is 8.84. The molecule has 0 spiro atoms. The third-order valence-electron chi connectivity index (χ3n) is 6.73. The van der Waals surface area contributed by atoms with Crippen LogP contribution in [-0.4, -0.2) is 41.8 Å². The summed E-state index contributed by atoms with van der Waals surface area (Å²) in [4.78, 5) is 36.5. The van der Waals surface area contributed by atoms with Crippen LogP contribution in [0.15, 0.2) is 48.5 Å². The molecule has 4 rings (SSSR count). The van der Waals surface area contributed by atoms with E-state index in [1.165, 1.54) is 0 Å². The van der Waals surface area contributed by atoms with Gasteiger partial charge in [-0.25, -0.2) is 4.79 Å². The topological polar surface area (TPSA) is 105 Å². The lowest BCUT2D eigenvalue weighted by Gasteiger charge is -2.29. The number of aliphatic carboxylic acids is 1. The van der Waals surface area contributed by atoms with Crippen molar-refractivity contribution in [3.8, 4) is 11.1 Å². The number of carbonyl (C=O) groups is 3. The SMILES string of the molecule is CCC(NC(=O)OCC1c2ccccc2-c2ccccc21)C(=O)NC1CCCC(C(=O)O)C1. The zero-order valence-corrected chi connectivity index (χ0v) is 18.8. The summed E-state index contributed by atoms with van der Waals surface area (Å²) in [6.07, 6.45) is 2.34. The van der Waals surface area contributed by atoms with Crippen LogP contribution in [0.1, 0.15) is 56.1 Å². The maximum atomic E-state index is 12.7. The summed E-state index contributed by atoms with van der Waals surface area (Å²) < 4.78 is 5.55. The molecule has 7 heteroatoms. The van der Waals surface area contributed by atoms with Gasteiger partial charge in [-0.1, -0.05) is 61.9 Å². The van der Waals surface area contributed by atoms with Crippen molar-refractivity contribution < 1.29 is 24.2 Å². The van der Waals surface area contributed by atoms with Crippen molar-refractivity contribution in [2.45, 2.75) is 57.0 Å². The van der Waals surface area contributed by atoms with E-state index in [9.17, 15) is 19.5 Å². The molecule has 0 radical (unpaired) electrons. The second-order valence-corrected chi connectivity index (χ2v) is 8.84. The van der Waals surface area contributed by atoms with Crippen LogP contribution in [0.25, 0.3) is 11.1 Å². The average Bonchev–Trinajstić information content (AvgIpc) is 3.15. The molecule has 7 nitrogen and oxygen atoms in total. The van der Waals surface area contributed by atoms with Crippen molar-refractivity contribution in [1.82, 2.24) is 10.6 Å². The molecule has 0 aliphatic heterocycles. The van der Waals surface area contributed by atoms with Gasteiger partial charge in [-0.3, -0.25) is 9.59 Å². The highest BCUT2D eigenvalue weighted by Gasteiger charge is 2.31. The maximum Gasteiger partial charge on any atom is 0.407 e. The Morgan fingerprint density at radius 1 is 1.03 bits per heavy atom. The first-order valence-corrected chi connectivity index (χ1v) is 11.6. The number of benzene rings is 2. The van der Waals surface area contributed by atoms with Crippen molar-refractivity contribution in [2.24, 2.45) is 5.92 Å². The summed E-state index contributed by atoms with van der Waals surface area (Å²) in [5.41, 5.74) is 4.56. The number of hydrogen-bond acceptors (Lipinski definition) is 4. The van der Waals surface area contributed by atoms with Crippen molar-refractivity contribution in [3.63, 3.8) is 0 Å². The number of alkyl carbamates (subject to hydrolysis) is 1. The van der Waals surface area contributed by atoms with Crippen molar-refractivity contribution in [2.75, 3.05) is 6.61 Å². The van der Waals surface area contributed by atoms with Gasteiger partial charge in [-0.05, 0) is 47.9 Å². The molecule has 174 valence electrons. The Labute approximate surface area is 193 Å². The van der Waals surface area contributed by atoms with Gasteiger partial charge >= 0.3 is 12.1 Å². The third-order valence-corrected chi connectivity index (χ3v) is 6.73.